The minimum absolute atomic E-state index is 0.108. The number of alkyl halides is 1. The van der Waals surface area contributed by atoms with E-state index >= 15 is 0 Å². The van der Waals surface area contributed by atoms with Gasteiger partial charge in [0.1, 0.15) is 6.10 Å². The summed E-state index contributed by atoms with van der Waals surface area (Å²) in [5.74, 6) is 0.108. The van der Waals surface area contributed by atoms with Crippen LogP contribution in [0, 0.1) is 0 Å². The molecular formula is C11H25ClO7. The van der Waals surface area contributed by atoms with E-state index < -0.39 is 12.2 Å². The highest BCUT2D eigenvalue weighted by Crippen LogP contribution is 1.82. The average Bonchev–Trinajstić information content (AvgIpc) is 2.47. The number of hydrogen-bond donors (Lipinski definition) is 6. The third kappa shape index (κ3) is 31.9. The van der Waals surface area contributed by atoms with Gasteiger partial charge in [0.25, 0.3) is 0 Å². The summed E-state index contributed by atoms with van der Waals surface area (Å²) in [4.78, 5) is 0. The monoisotopic (exact) mass is 304 g/mol. The summed E-state index contributed by atoms with van der Waals surface area (Å²) in [6.45, 7) is 3.25. The Balaban J connectivity index is -0.000000222. The van der Waals surface area contributed by atoms with Gasteiger partial charge in [-0.2, -0.15) is 0 Å². The molecule has 0 aromatic carbocycles. The molecule has 0 fully saturated rings. The number of hydrogen-bond acceptors (Lipinski definition) is 7. The van der Waals surface area contributed by atoms with Gasteiger partial charge in [-0.1, -0.05) is 6.08 Å². The van der Waals surface area contributed by atoms with Gasteiger partial charge in [-0.05, 0) is 0 Å². The quantitative estimate of drug-likeness (QED) is 0.175. The summed E-state index contributed by atoms with van der Waals surface area (Å²) in [6, 6.07) is 0. The molecule has 118 valence electrons. The molecule has 0 saturated heterocycles. The highest BCUT2D eigenvalue weighted by molar-refractivity contribution is 6.18. The second-order valence-electron chi connectivity index (χ2n) is 3.10. The van der Waals surface area contributed by atoms with Gasteiger partial charge in [0, 0.05) is 0 Å². The summed E-state index contributed by atoms with van der Waals surface area (Å²) in [7, 11) is 0. The maximum atomic E-state index is 8.68. The van der Waals surface area contributed by atoms with E-state index in [1.807, 2.05) is 0 Å². The molecule has 7 nitrogen and oxygen atoms in total. The van der Waals surface area contributed by atoms with Crippen molar-refractivity contribution in [1.82, 2.24) is 0 Å². The van der Waals surface area contributed by atoms with E-state index in [4.69, 9.17) is 47.0 Å². The zero-order valence-electron chi connectivity index (χ0n) is 10.9. The highest BCUT2D eigenvalue weighted by atomic mass is 35.5. The average molecular weight is 305 g/mol. The number of aliphatic hydroxyl groups is 6. The van der Waals surface area contributed by atoms with Crippen LogP contribution < -0.4 is 0 Å². The van der Waals surface area contributed by atoms with Crippen LogP contribution in [0.4, 0.5) is 0 Å². The summed E-state index contributed by atoms with van der Waals surface area (Å²) in [5, 5.41) is 48.5. The Morgan fingerprint density at radius 1 is 1.00 bits per heavy atom. The topological polar surface area (TPSA) is 131 Å². The lowest BCUT2D eigenvalue weighted by molar-refractivity contribution is 0.0150. The molecule has 19 heavy (non-hydrogen) atoms. The zero-order chi connectivity index (χ0) is 15.5. The van der Waals surface area contributed by atoms with Crippen LogP contribution in [-0.4, -0.2) is 88.4 Å². The first kappa shape index (κ1) is 23.8. The van der Waals surface area contributed by atoms with Crippen molar-refractivity contribution >= 4 is 11.6 Å². The van der Waals surface area contributed by atoms with E-state index in [0.29, 0.717) is 6.61 Å². The van der Waals surface area contributed by atoms with Crippen LogP contribution in [0.15, 0.2) is 12.7 Å². The van der Waals surface area contributed by atoms with Gasteiger partial charge in [0.15, 0.2) is 0 Å². The van der Waals surface area contributed by atoms with E-state index in [1.54, 1.807) is 6.08 Å². The van der Waals surface area contributed by atoms with E-state index in [2.05, 4.69) is 6.58 Å². The minimum Gasteiger partial charge on any atom is -0.394 e. The predicted octanol–water partition coefficient (Wildman–Crippen LogP) is -1.91. The van der Waals surface area contributed by atoms with Crippen LogP contribution in [0.25, 0.3) is 0 Å². The molecule has 6 N–H and O–H groups in total. The van der Waals surface area contributed by atoms with Crippen molar-refractivity contribution in [2.45, 2.75) is 12.2 Å². The van der Waals surface area contributed by atoms with Gasteiger partial charge in [-0.25, -0.2) is 0 Å². The lowest BCUT2D eigenvalue weighted by atomic mass is 10.4. The third-order valence-electron chi connectivity index (χ3n) is 1.25. The van der Waals surface area contributed by atoms with Crippen LogP contribution in [0.5, 0.6) is 0 Å². The van der Waals surface area contributed by atoms with E-state index in [-0.39, 0.29) is 38.9 Å². The zero-order valence-corrected chi connectivity index (χ0v) is 11.6. The molecule has 0 rings (SSSR count). The maximum absolute atomic E-state index is 8.68. The van der Waals surface area contributed by atoms with E-state index in [0.717, 1.165) is 0 Å². The minimum atomic E-state index is -0.759. The second-order valence-corrected chi connectivity index (χ2v) is 3.41. The molecule has 0 bridgehead atoms. The Morgan fingerprint density at radius 2 is 1.47 bits per heavy atom. The smallest absolute Gasteiger partial charge is 0.100 e. The van der Waals surface area contributed by atoms with Crippen molar-refractivity contribution in [3.63, 3.8) is 0 Å². The molecule has 0 saturated carbocycles. The fourth-order valence-corrected chi connectivity index (χ4v) is 0.487. The maximum Gasteiger partial charge on any atom is 0.100 e. The molecule has 0 aliphatic carbocycles. The number of halogens is 1. The second kappa shape index (κ2) is 22.9. The Hall–Kier alpha value is -0.250. The van der Waals surface area contributed by atoms with Crippen LogP contribution in [0.1, 0.15) is 0 Å². The Bertz CT molecular complexity index is 154. The van der Waals surface area contributed by atoms with Crippen LogP contribution >= 0.6 is 11.6 Å². The molecule has 2 unspecified atom stereocenters. The molecule has 2 atom stereocenters. The normalized spacial score (nSPS) is 12.4. The van der Waals surface area contributed by atoms with E-state index in [9.17, 15) is 0 Å². The molecule has 0 aromatic rings. The Morgan fingerprint density at radius 3 is 1.68 bits per heavy atom. The molecular weight excluding hydrogens is 280 g/mol. The Kier molecular flexibility index (Phi) is 28.7. The summed E-state index contributed by atoms with van der Waals surface area (Å²) < 4.78 is 4.81. The molecule has 0 heterocycles. The number of ether oxygens (including phenoxy) is 1. The molecule has 0 amide bonds. The van der Waals surface area contributed by atoms with Gasteiger partial charge in [-0.15, -0.1) is 18.2 Å². The first-order valence-electron chi connectivity index (χ1n) is 5.58. The van der Waals surface area contributed by atoms with Crippen LogP contribution in [-0.2, 0) is 4.74 Å². The number of aliphatic hydroxyl groups excluding tert-OH is 6. The van der Waals surface area contributed by atoms with Gasteiger partial charge >= 0.3 is 0 Å². The standard InChI is InChI=1S/C6H12O3.C3H7ClO2.C2H6O2/c1-2-3-9-5-6(8)4-7;4-1-3(6)2-5;3-1-2-4/h2,6-8H,1,3-5H2;3,5-6H,1-2H2;3-4H,1-2H2. The molecule has 0 radical (unpaired) electrons. The van der Waals surface area contributed by atoms with Crippen LogP contribution in [0.3, 0.4) is 0 Å². The van der Waals surface area contributed by atoms with Gasteiger partial charge in [-0.3, -0.25) is 0 Å². The first-order chi connectivity index (χ1) is 9.03. The van der Waals surface area contributed by atoms with Gasteiger partial charge in [0.05, 0.1) is 51.6 Å². The number of rotatable bonds is 8. The summed E-state index contributed by atoms with van der Waals surface area (Å²) >= 11 is 5.04. The van der Waals surface area contributed by atoms with Crippen molar-refractivity contribution in [2.24, 2.45) is 0 Å². The lowest BCUT2D eigenvalue weighted by Gasteiger charge is -2.04. The molecule has 0 aliphatic heterocycles. The van der Waals surface area contributed by atoms with E-state index in [1.165, 1.54) is 0 Å². The highest BCUT2D eigenvalue weighted by Gasteiger charge is 1.98. The van der Waals surface area contributed by atoms with Crippen molar-refractivity contribution < 1.29 is 35.4 Å². The first-order valence-corrected chi connectivity index (χ1v) is 6.11. The molecule has 0 aromatic heterocycles. The lowest BCUT2D eigenvalue weighted by Crippen LogP contribution is -2.19. The fourth-order valence-electron chi connectivity index (χ4n) is 0.389. The molecule has 0 spiro atoms. The largest absolute Gasteiger partial charge is 0.394 e. The predicted molar refractivity (Wildman–Crippen MR) is 72.1 cm³/mol. The van der Waals surface area contributed by atoms with Crippen molar-refractivity contribution in [2.75, 3.05) is 45.5 Å². The molecule has 0 aliphatic rings. The SMILES string of the molecule is C=CCOCC(O)CO.OCC(O)CCl.OCCO. The van der Waals surface area contributed by atoms with Gasteiger partial charge < -0.3 is 35.4 Å². The third-order valence-corrected chi connectivity index (χ3v) is 1.60. The van der Waals surface area contributed by atoms with Crippen molar-refractivity contribution in [1.29, 1.82) is 0 Å². The van der Waals surface area contributed by atoms with Crippen molar-refractivity contribution in [3.8, 4) is 0 Å². The summed E-state index contributed by atoms with van der Waals surface area (Å²) in [6.07, 6.45) is 0.0843. The summed E-state index contributed by atoms with van der Waals surface area (Å²) in [5.41, 5.74) is 0. The molecule has 8 heteroatoms. The van der Waals surface area contributed by atoms with Gasteiger partial charge in [0.2, 0.25) is 0 Å². The van der Waals surface area contributed by atoms with Crippen molar-refractivity contribution in [3.05, 3.63) is 12.7 Å². The van der Waals surface area contributed by atoms with Crippen LogP contribution in [0.2, 0.25) is 0 Å². The Labute approximate surface area is 118 Å². The fraction of sp³-hybridized carbons (Fsp3) is 0.818.